The first-order valence-corrected chi connectivity index (χ1v) is 9.02. The van der Waals surface area contributed by atoms with Gasteiger partial charge in [-0.05, 0) is 30.7 Å². The second-order valence-electron chi connectivity index (χ2n) is 6.38. The molecular weight excluding hydrogens is 376 g/mol. The molecule has 2 heterocycles. The van der Waals surface area contributed by atoms with Crippen LogP contribution in [-0.2, 0) is 20.6 Å². The zero-order valence-corrected chi connectivity index (χ0v) is 17.3. The number of benzene rings is 1. The maximum absolute atomic E-state index is 12.6. The molecule has 0 radical (unpaired) electrons. The highest BCUT2D eigenvalue weighted by molar-refractivity contribution is 5.77. The molecule has 3 aromatic rings. The summed E-state index contributed by atoms with van der Waals surface area (Å²) in [5.41, 5.74) is 0.760. The van der Waals surface area contributed by atoms with Crippen molar-refractivity contribution in [2.24, 2.45) is 14.1 Å². The molecule has 1 aromatic carbocycles. The van der Waals surface area contributed by atoms with E-state index in [2.05, 4.69) is 4.98 Å². The predicted octanol–water partition coefficient (Wildman–Crippen LogP) is 1.65. The molecule has 9 heteroatoms. The molecule has 0 aliphatic rings. The van der Waals surface area contributed by atoms with Crippen LogP contribution in [0.2, 0.25) is 0 Å². The summed E-state index contributed by atoms with van der Waals surface area (Å²) in [6.45, 7) is 2.45. The third-order valence-corrected chi connectivity index (χ3v) is 4.81. The lowest BCUT2D eigenvalue weighted by atomic mass is 10.1. The van der Waals surface area contributed by atoms with Gasteiger partial charge in [-0.1, -0.05) is 6.08 Å². The second-order valence-corrected chi connectivity index (χ2v) is 6.38. The fraction of sp³-hybridized carbons (Fsp3) is 0.350. The van der Waals surface area contributed by atoms with Crippen LogP contribution in [0.25, 0.3) is 23.3 Å². The molecule has 2 aromatic heterocycles. The molecule has 0 atom stereocenters. The van der Waals surface area contributed by atoms with Gasteiger partial charge < -0.3 is 18.8 Å². The van der Waals surface area contributed by atoms with E-state index in [0.717, 1.165) is 10.1 Å². The lowest BCUT2D eigenvalue weighted by Crippen LogP contribution is -2.37. The SMILES string of the molecule is CCn1c(/C=C/c2cc(OC)c(OC)c(OC)c2)nc2c1c(=O)n(C)c(=O)n2C. The second kappa shape index (κ2) is 7.86. The normalized spacial score (nSPS) is 11.4. The Bertz CT molecular complexity index is 1190. The molecule has 0 saturated heterocycles. The number of methoxy groups -OCH3 is 3. The smallest absolute Gasteiger partial charge is 0.332 e. The van der Waals surface area contributed by atoms with Crippen molar-refractivity contribution in [3.63, 3.8) is 0 Å². The van der Waals surface area contributed by atoms with Gasteiger partial charge in [-0.3, -0.25) is 13.9 Å². The molecule has 0 saturated carbocycles. The van der Waals surface area contributed by atoms with Crippen molar-refractivity contribution in [1.29, 1.82) is 0 Å². The van der Waals surface area contributed by atoms with Gasteiger partial charge >= 0.3 is 5.69 Å². The number of hydrogen-bond acceptors (Lipinski definition) is 6. The summed E-state index contributed by atoms with van der Waals surface area (Å²) in [6.07, 6.45) is 3.62. The van der Waals surface area contributed by atoms with Crippen LogP contribution in [0.3, 0.4) is 0 Å². The summed E-state index contributed by atoms with van der Waals surface area (Å²) >= 11 is 0. The average molecular weight is 400 g/mol. The summed E-state index contributed by atoms with van der Waals surface area (Å²) in [4.78, 5) is 29.4. The lowest BCUT2D eigenvalue weighted by Gasteiger charge is -2.12. The molecule has 0 N–H and O–H groups in total. The first kappa shape index (κ1) is 20.2. The van der Waals surface area contributed by atoms with E-state index in [9.17, 15) is 9.59 Å². The van der Waals surface area contributed by atoms with Crippen molar-refractivity contribution in [3.05, 3.63) is 44.4 Å². The zero-order chi connectivity index (χ0) is 21.3. The Balaban J connectivity index is 2.17. The van der Waals surface area contributed by atoms with Gasteiger partial charge in [0.05, 0.1) is 21.3 Å². The predicted molar refractivity (Wildman–Crippen MR) is 111 cm³/mol. The molecular formula is C20H24N4O5. The molecule has 3 rings (SSSR count). The fourth-order valence-corrected chi connectivity index (χ4v) is 3.28. The number of imidazole rings is 1. The highest BCUT2D eigenvalue weighted by Gasteiger charge is 2.17. The van der Waals surface area contributed by atoms with Crippen LogP contribution in [0.15, 0.2) is 21.7 Å². The molecule has 154 valence electrons. The van der Waals surface area contributed by atoms with Gasteiger partial charge in [-0.2, -0.15) is 0 Å². The third-order valence-electron chi connectivity index (χ3n) is 4.81. The van der Waals surface area contributed by atoms with Crippen molar-refractivity contribution in [3.8, 4) is 17.2 Å². The van der Waals surface area contributed by atoms with Gasteiger partial charge in [0.15, 0.2) is 22.7 Å². The molecule has 0 fully saturated rings. The van der Waals surface area contributed by atoms with E-state index in [0.29, 0.717) is 40.8 Å². The Labute approximate surface area is 167 Å². The monoisotopic (exact) mass is 400 g/mol. The lowest BCUT2D eigenvalue weighted by molar-refractivity contribution is 0.324. The van der Waals surface area contributed by atoms with E-state index in [-0.39, 0.29) is 5.56 Å². The van der Waals surface area contributed by atoms with E-state index in [1.807, 2.05) is 25.1 Å². The van der Waals surface area contributed by atoms with Crippen LogP contribution in [-0.4, -0.2) is 40.0 Å². The molecule has 0 spiro atoms. The maximum atomic E-state index is 12.6. The minimum atomic E-state index is -0.414. The molecule has 0 aliphatic heterocycles. The topological polar surface area (TPSA) is 89.5 Å². The van der Waals surface area contributed by atoms with Crippen LogP contribution < -0.4 is 25.5 Å². The molecule has 9 nitrogen and oxygen atoms in total. The summed E-state index contributed by atoms with van der Waals surface area (Å²) < 4.78 is 20.3. The summed E-state index contributed by atoms with van der Waals surface area (Å²) in [5.74, 6) is 2.14. The van der Waals surface area contributed by atoms with Crippen molar-refractivity contribution >= 4 is 23.3 Å². The van der Waals surface area contributed by atoms with Crippen LogP contribution in [0.5, 0.6) is 17.2 Å². The van der Waals surface area contributed by atoms with Crippen LogP contribution >= 0.6 is 0 Å². The van der Waals surface area contributed by atoms with E-state index in [1.54, 1.807) is 39.0 Å². The molecule has 0 aliphatic carbocycles. The Morgan fingerprint density at radius 1 is 0.966 bits per heavy atom. The van der Waals surface area contributed by atoms with E-state index >= 15 is 0 Å². The molecule has 29 heavy (non-hydrogen) atoms. The molecule has 0 bridgehead atoms. The highest BCUT2D eigenvalue weighted by Crippen LogP contribution is 2.38. The van der Waals surface area contributed by atoms with Gasteiger partial charge in [0, 0.05) is 20.6 Å². The standard InChI is InChI=1S/C20H24N4O5/c1-7-24-15(21-18-16(24)19(25)23(3)20(26)22(18)2)9-8-12-10-13(27-4)17(29-6)14(11-12)28-5/h8-11H,7H2,1-6H3/b9-8+. The largest absolute Gasteiger partial charge is 0.493 e. The zero-order valence-electron chi connectivity index (χ0n) is 17.3. The number of hydrogen-bond donors (Lipinski definition) is 0. The van der Waals surface area contributed by atoms with E-state index < -0.39 is 5.69 Å². The van der Waals surface area contributed by atoms with Crippen LogP contribution in [0, 0.1) is 0 Å². The minimum Gasteiger partial charge on any atom is -0.493 e. The summed E-state index contributed by atoms with van der Waals surface area (Å²) in [5, 5.41) is 0. The van der Waals surface area contributed by atoms with Crippen molar-refractivity contribution in [1.82, 2.24) is 18.7 Å². The third kappa shape index (κ3) is 3.28. The Morgan fingerprint density at radius 3 is 2.10 bits per heavy atom. The average Bonchev–Trinajstić information content (AvgIpc) is 3.12. The fourth-order valence-electron chi connectivity index (χ4n) is 3.28. The number of rotatable bonds is 6. The first-order valence-electron chi connectivity index (χ1n) is 9.02. The van der Waals surface area contributed by atoms with Gasteiger partial charge in [-0.25, -0.2) is 9.78 Å². The van der Waals surface area contributed by atoms with Gasteiger partial charge in [-0.15, -0.1) is 0 Å². The number of aryl methyl sites for hydroxylation is 2. The number of fused-ring (bicyclic) bond motifs is 1. The Hall–Kier alpha value is -3.49. The summed E-state index contributed by atoms with van der Waals surface area (Å²) in [7, 11) is 7.71. The van der Waals surface area contributed by atoms with E-state index in [1.165, 1.54) is 11.6 Å². The van der Waals surface area contributed by atoms with Gasteiger partial charge in [0.1, 0.15) is 5.82 Å². The quantitative estimate of drug-likeness (QED) is 0.625. The number of ether oxygens (including phenoxy) is 3. The van der Waals surface area contributed by atoms with E-state index in [4.69, 9.17) is 14.2 Å². The van der Waals surface area contributed by atoms with Crippen molar-refractivity contribution in [2.75, 3.05) is 21.3 Å². The molecule has 0 unspecified atom stereocenters. The Morgan fingerprint density at radius 2 is 1.59 bits per heavy atom. The van der Waals surface area contributed by atoms with Crippen LogP contribution in [0.4, 0.5) is 0 Å². The number of nitrogens with zero attached hydrogens (tertiary/aromatic N) is 4. The van der Waals surface area contributed by atoms with Gasteiger partial charge in [0.25, 0.3) is 5.56 Å². The van der Waals surface area contributed by atoms with Crippen molar-refractivity contribution < 1.29 is 14.2 Å². The molecule has 0 amide bonds. The number of aromatic nitrogens is 4. The maximum Gasteiger partial charge on any atom is 0.332 e. The summed E-state index contributed by atoms with van der Waals surface area (Å²) in [6, 6.07) is 3.62. The Kier molecular flexibility index (Phi) is 5.49. The van der Waals surface area contributed by atoms with Crippen molar-refractivity contribution in [2.45, 2.75) is 13.5 Å². The van der Waals surface area contributed by atoms with Gasteiger partial charge in [0.2, 0.25) is 5.75 Å². The first-order chi connectivity index (χ1) is 13.9. The highest BCUT2D eigenvalue weighted by atomic mass is 16.5. The minimum absolute atomic E-state index is 0.351. The van der Waals surface area contributed by atoms with Crippen LogP contribution in [0.1, 0.15) is 18.3 Å².